The smallest absolute Gasteiger partial charge is 0.297 e. The molecule has 8 nitrogen and oxygen atoms in total. The van der Waals surface area contributed by atoms with Crippen molar-refractivity contribution >= 4 is 11.7 Å². The van der Waals surface area contributed by atoms with Crippen LogP contribution in [-0.4, -0.2) is 34.7 Å². The van der Waals surface area contributed by atoms with Crippen LogP contribution in [0.5, 0.6) is 5.75 Å². The summed E-state index contributed by atoms with van der Waals surface area (Å²) < 4.78 is 7.40. The van der Waals surface area contributed by atoms with Crippen LogP contribution in [0.15, 0.2) is 59.7 Å². The first-order valence-electron chi connectivity index (χ1n) is 11.7. The molecule has 0 bridgehead atoms. The fraction of sp³-hybridized carbons (Fsp3) is 0.346. The van der Waals surface area contributed by atoms with Gasteiger partial charge < -0.3 is 21.1 Å². The third kappa shape index (κ3) is 4.41. The second kappa shape index (κ2) is 8.95. The average Bonchev–Trinajstić information content (AvgIpc) is 3.78. The lowest BCUT2D eigenvalue weighted by Gasteiger charge is -2.22. The van der Waals surface area contributed by atoms with Gasteiger partial charge in [0.15, 0.2) is 5.82 Å². The van der Waals surface area contributed by atoms with Crippen LogP contribution in [0.1, 0.15) is 47.2 Å². The number of aryl methyl sites for hydroxylation is 1. The standard InChI is InChI=1S/C26H29N5O3/c1-17-6-7-18(24(32)29-19-8-9-19)16-21(17)31-14-13-28-23(25(31)33)30-26(10-11-26)20-4-2-3-5-22(20)34-15-12-27/h2-7,13-14,16,19H,8-12,15,27H2,1H3,(H,28,30)(H,29,32). The van der Waals surface area contributed by atoms with Gasteiger partial charge in [-0.3, -0.25) is 14.2 Å². The van der Waals surface area contributed by atoms with Crippen molar-refractivity contribution in [1.29, 1.82) is 0 Å². The molecule has 2 aliphatic rings. The largest absolute Gasteiger partial charge is 0.492 e. The van der Waals surface area contributed by atoms with Crippen LogP contribution >= 0.6 is 0 Å². The molecule has 176 valence electrons. The number of rotatable bonds is 9. The van der Waals surface area contributed by atoms with Gasteiger partial charge in [0.2, 0.25) is 0 Å². The van der Waals surface area contributed by atoms with Gasteiger partial charge in [0, 0.05) is 36.1 Å². The molecule has 0 radical (unpaired) electrons. The fourth-order valence-electron chi connectivity index (χ4n) is 4.16. The lowest BCUT2D eigenvalue weighted by Crippen LogP contribution is -2.30. The van der Waals surface area contributed by atoms with Gasteiger partial charge in [0.05, 0.1) is 11.2 Å². The molecule has 5 rings (SSSR count). The highest BCUT2D eigenvalue weighted by atomic mass is 16.5. The molecule has 1 heterocycles. The maximum atomic E-state index is 13.5. The Balaban J connectivity index is 1.45. The molecule has 2 aliphatic carbocycles. The molecule has 0 saturated heterocycles. The molecular formula is C26H29N5O3. The summed E-state index contributed by atoms with van der Waals surface area (Å²) in [6, 6.07) is 13.5. The zero-order valence-electron chi connectivity index (χ0n) is 19.2. The fourth-order valence-corrected chi connectivity index (χ4v) is 4.16. The maximum absolute atomic E-state index is 13.5. The van der Waals surface area contributed by atoms with Gasteiger partial charge >= 0.3 is 0 Å². The molecule has 0 unspecified atom stereocenters. The summed E-state index contributed by atoms with van der Waals surface area (Å²) in [5.74, 6) is 0.913. The molecule has 0 spiro atoms. The highest BCUT2D eigenvalue weighted by Gasteiger charge is 2.47. The van der Waals surface area contributed by atoms with Crippen LogP contribution < -0.4 is 26.7 Å². The van der Waals surface area contributed by atoms with E-state index in [0.717, 1.165) is 42.6 Å². The lowest BCUT2D eigenvalue weighted by atomic mass is 10.0. The molecular weight excluding hydrogens is 430 g/mol. The summed E-state index contributed by atoms with van der Waals surface area (Å²) in [6.45, 7) is 2.77. The Hall–Kier alpha value is -3.65. The van der Waals surface area contributed by atoms with Crippen molar-refractivity contribution in [3.63, 3.8) is 0 Å². The summed E-state index contributed by atoms with van der Waals surface area (Å²) in [4.78, 5) is 30.4. The minimum Gasteiger partial charge on any atom is -0.492 e. The van der Waals surface area contributed by atoms with E-state index in [4.69, 9.17) is 10.5 Å². The minimum atomic E-state index is -0.405. The van der Waals surface area contributed by atoms with Gasteiger partial charge in [0.1, 0.15) is 12.4 Å². The zero-order valence-corrected chi connectivity index (χ0v) is 19.2. The number of carbonyl (C=O) groups excluding carboxylic acids is 1. The molecule has 34 heavy (non-hydrogen) atoms. The molecule has 0 atom stereocenters. The van der Waals surface area contributed by atoms with E-state index >= 15 is 0 Å². The molecule has 2 saturated carbocycles. The second-order valence-electron chi connectivity index (χ2n) is 9.04. The first kappa shape index (κ1) is 22.2. The number of nitrogens with zero attached hydrogens (tertiary/aromatic N) is 2. The number of ether oxygens (including phenoxy) is 1. The number of hydrogen-bond donors (Lipinski definition) is 3. The first-order chi connectivity index (χ1) is 16.5. The summed E-state index contributed by atoms with van der Waals surface area (Å²) in [7, 11) is 0. The van der Waals surface area contributed by atoms with E-state index in [1.165, 1.54) is 0 Å². The summed E-state index contributed by atoms with van der Waals surface area (Å²) in [5, 5.41) is 6.40. The van der Waals surface area contributed by atoms with E-state index in [1.54, 1.807) is 29.1 Å². The summed E-state index contributed by atoms with van der Waals surface area (Å²) in [6.07, 6.45) is 7.00. The molecule has 4 N–H and O–H groups in total. The quantitative estimate of drug-likeness (QED) is 0.454. The van der Waals surface area contributed by atoms with Crippen molar-refractivity contribution in [2.45, 2.75) is 44.2 Å². The molecule has 2 aromatic carbocycles. The van der Waals surface area contributed by atoms with E-state index in [0.29, 0.717) is 24.4 Å². The van der Waals surface area contributed by atoms with Gasteiger partial charge in [0.25, 0.3) is 11.5 Å². The van der Waals surface area contributed by atoms with E-state index in [9.17, 15) is 9.59 Å². The van der Waals surface area contributed by atoms with Crippen molar-refractivity contribution in [3.8, 4) is 11.4 Å². The highest BCUT2D eigenvalue weighted by Crippen LogP contribution is 2.50. The van der Waals surface area contributed by atoms with E-state index in [2.05, 4.69) is 15.6 Å². The normalized spacial score (nSPS) is 16.1. The number of anilines is 1. The molecule has 1 amide bonds. The van der Waals surface area contributed by atoms with Crippen molar-refractivity contribution < 1.29 is 9.53 Å². The van der Waals surface area contributed by atoms with Crippen LogP contribution in [0.2, 0.25) is 0 Å². The zero-order chi connectivity index (χ0) is 23.7. The number of benzene rings is 2. The van der Waals surface area contributed by atoms with Gasteiger partial charge in [-0.2, -0.15) is 0 Å². The Morgan fingerprint density at radius 1 is 1.24 bits per heavy atom. The molecule has 1 aromatic heterocycles. The highest BCUT2D eigenvalue weighted by molar-refractivity contribution is 5.95. The Morgan fingerprint density at radius 2 is 2.03 bits per heavy atom. The Bertz CT molecular complexity index is 1280. The Kier molecular flexibility index (Phi) is 5.83. The molecule has 2 fully saturated rings. The van der Waals surface area contributed by atoms with Gasteiger partial charge in [-0.05, 0) is 56.4 Å². The van der Waals surface area contributed by atoms with Crippen LogP contribution in [0.3, 0.4) is 0 Å². The van der Waals surface area contributed by atoms with Gasteiger partial charge in [-0.15, -0.1) is 0 Å². The van der Waals surface area contributed by atoms with Crippen LogP contribution in [0.4, 0.5) is 5.82 Å². The third-order valence-electron chi connectivity index (χ3n) is 6.37. The number of nitrogens with one attached hydrogen (secondary N) is 2. The van der Waals surface area contributed by atoms with Crippen LogP contribution in [-0.2, 0) is 5.54 Å². The van der Waals surface area contributed by atoms with Crippen molar-refractivity contribution in [1.82, 2.24) is 14.9 Å². The molecule has 8 heteroatoms. The number of amides is 1. The maximum Gasteiger partial charge on any atom is 0.297 e. The van der Waals surface area contributed by atoms with Crippen LogP contribution in [0, 0.1) is 6.92 Å². The van der Waals surface area contributed by atoms with E-state index < -0.39 is 5.54 Å². The number of aromatic nitrogens is 2. The Morgan fingerprint density at radius 3 is 2.76 bits per heavy atom. The average molecular weight is 460 g/mol. The summed E-state index contributed by atoms with van der Waals surface area (Å²) in [5.41, 5.74) is 8.03. The minimum absolute atomic E-state index is 0.116. The monoisotopic (exact) mass is 459 g/mol. The number of carbonyl (C=O) groups is 1. The molecule has 3 aromatic rings. The SMILES string of the molecule is Cc1ccc(C(=O)NC2CC2)cc1-n1ccnc(NC2(c3ccccc3OCCN)CC2)c1=O. The predicted octanol–water partition coefficient (Wildman–Crippen LogP) is 2.87. The van der Waals surface area contributed by atoms with Gasteiger partial charge in [-0.25, -0.2) is 4.98 Å². The summed E-state index contributed by atoms with van der Waals surface area (Å²) >= 11 is 0. The number of hydrogen-bond acceptors (Lipinski definition) is 6. The van der Waals surface area contributed by atoms with E-state index in [-0.39, 0.29) is 23.3 Å². The topological polar surface area (TPSA) is 111 Å². The van der Waals surface area contributed by atoms with E-state index in [1.807, 2.05) is 37.3 Å². The first-order valence-corrected chi connectivity index (χ1v) is 11.7. The number of nitrogens with two attached hydrogens (primary N) is 1. The van der Waals surface area contributed by atoms with Crippen molar-refractivity contribution in [2.24, 2.45) is 5.73 Å². The van der Waals surface area contributed by atoms with Gasteiger partial charge in [-0.1, -0.05) is 24.3 Å². The lowest BCUT2D eigenvalue weighted by molar-refractivity contribution is 0.0951. The van der Waals surface area contributed by atoms with Crippen LogP contribution in [0.25, 0.3) is 5.69 Å². The Labute approximate surface area is 198 Å². The second-order valence-corrected chi connectivity index (χ2v) is 9.04. The van der Waals surface area contributed by atoms with Crippen molar-refractivity contribution in [3.05, 3.63) is 81.9 Å². The molecule has 0 aliphatic heterocycles. The predicted molar refractivity (Wildman–Crippen MR) is 131 cm³/mol. The number of para-hydroxylation sites is 1. The van der Waals surface area contributed by atoms with Crippen molar-refractivity contribution in [2.75, 3.05) is 18.5 Å². The third-order valence-corrected chi connectivity index (χ3v) is 6.37.